The molecule has 0 fully saturated rings. The summed E-state index contributed by atoms with van der Waals surface area (Å²) in [5.74, 6) is 0.364. The number of rotatable bonds is 2. The van der Waals surface area contributed by atoms with Crippen molar-refractivity contribution in [2.24, 2.45) is 0 Å². The van der Waals surface area contributed by atoms with E-state index < -0.39 is 0 Å². The van der Waals surface area contributed by atoms with E-state index in [1.54, 1.807) is 6.07 Å². The second-order valence-electron chi connectivity index (χ2n) is 4.34. The summed E-state index contributed by atoms with van der Waals surface area (Å²) in [6, 6.07) is 12.0. The summed E-state index contributed by atoms with van der Waals surface area (Å²) in [6.45, 7) is 1.89. The van der Waals surface area contributed by atoms with Gasteiger partial charge in [-0.2, -0.15) is 5.10 Å². The maximum Gasteiger partial charge on any atom is 0.246 e. The summed E-state index contributed by atoms with van der Waals surface area (Å²) in [5, 5.41) is 9.93. The van der Waals surface area contributed by atoms with Crippen molar-refractivity contribution in [1.82, 2.24) is 10.2 Å². The molecule has 0 spiro atoms. The minimum absolute atomic E-state index is 0.365. The van der Waals surface area contributed by atoms with Crippen LogP contribution in [0.15, 0.2) is 46.9 Å². The van der Waals surface area contributed by atoms with Gasteiger partial charge in [-0.15, -0.1) is 5.10 Å². The van der Waals surface area contributed by atoms with Gasteiger partial charge in [0.15, 0.2) is 0 Å². The first-order valence-corrected chi connectivity index (χ1v) is 6.79. The molecule has 0 N–H and O–H groups in total. The number of fused-ring (bicyclic) bond motifs is 1. The van der Waals surface area contributed by atoms with Crippen molar-refractivity contribution < 1.29 is 9.13 Å². The molecule has 3 rings (SSSR count). The molecule has 1 heterocycles. The van der Waals surface area contributed by atoms with E-state index in [1.165, 1.54) is 12.1 Å². The van der Waals surface area contributed by atoms with Gasteiger partial charge in [-0.25, -0.2) is 4.39 Å². The van der Waals surface area contributed by atoms with Gasteiger partial charge >= 0.3 is 0 Å². The van der Waals surface area contributed by atoms with Crippen LogP contribution in [0, 0.1) is 12.7 Å². The van der Waals surface area contributed by atoms with Crippen LogP contribution in [0.2, 0.25) is 0 Å². The Labute approximate surface area is 123 Å². The van der Waals surface area contributed by atoms with E-state index in [1.807, 2.05) is 31.2 Å². The maximum absolute atomic E-state index is 13.4. The van der Waals surface area contributed by atoms with Crippen LogP contribution in [-0.4, -0.2) is 10.2 Å². The molecule has 1 aromatic heterocycles. The summed E-state index contributed by atoms with van der Waals surface area (Å²) in [7, 11) is 0. The highest BCUT2D eigenvalue weighted by atomic mass is 79.9. The van der Waals surface area contributed by atoms with Gasteiger partial charge in [0.2, 0.25) is 5.88 Å². The zero-order valence-corrected chi connectivity index (χ0v) is 12.2. The molecule has 0 bridgehead atoms. The minimum atomic E-state index is -0.376. The maximum atomic E-state index is 13.4. The summed E-state index contributed by atoms with van der Waals surface area (Å²) in [6.07, 6.45) is 0. The van der Waals surface area contributed by atoms with Crippen LogP contribution in [0.4, 0.5) is 4.39 Å². The van der Waals surface area contributed by atoms with Gasteiger partial charge in [0.1, 0.15) is 11.6 Å². The second-order valence-corrected chi connectivity index (χ2v) is 5.26. The Bertz CT molecular complexity index is 772. The molecule has 0 radical (unpaired) electrons. The van der Waals surface area contributed by atoms with Gasteiger partial charge in [-0.1, -0.05) is 34.1 Å². The van der Waals surface area contributed by atoms with E-state index in [-0.39, 0.29) is 5.82 Å². The van der Waals surface area contributed by atoms with E-state index in [2.05, 4.69) is 26.1 Å². The van der Waals surface area contributed by atoms with Crippen LogP contribution in [0.1, 0.15) is 5.69 Å². The van der Waals surface area contributed by atoms with E-state index in [0.717, 1.165) is 16.5 Å². The molecule has 5 heteroatoms. The van der Waals surface area contributed by atoms with Gasteiger partial charge in [-0.3, -0.25) is 0 Å². The van der Waals surface area contributed by atoms with Crippen LogP contribution in [0.3, 0.4) is 0 Å². The van der Waals surface area contributed by atoms with E-state index in [4.69, 9.17) is 4.74 Å². The number of ether oxygens (including phenoxy) is 1. The van der Waals surface area contributed by atoms with Crippen LogP contribution < -0.4 is 4.74 Å². The molecular weight excluding hydrogens is 323 g/mol. The standard InChI is InChI=1S/C15H10BrFN2O/c1-9-13-4-2-3-5-14(13)15(19-18-9)20-12-7-10(16)6-11(17)8-12/h2-8H,1H3. The van der Waals surface area contributed by atoms with Gasteiger partial charge in [0.05, 0.1) is 5.69 Å². The van der Waals surface area contributed by atoms with E-state index in [0.29, 0.717) is 16.1 Å². The van der Waals surface area contributed by atoms with Crippen molar-refractivity contribution in [3.63, 3.8) is 0 Å². The van der Waals surface area contributed by atoms with Crippen molar-refractivity contribution in [3.05, 3.63) is 58.4 Å². The number of benzene rings is 2. The highest BCUT2D eigenvalue weighted by Gasteiger charge is 2.09. The Balaban J connectivity index is 2.09. The molecule has 100 valence electrons. The molecular formula is C15H10BrFN2O. The van der Waals surface area contributed by atoms with Crippen LogP contribution in [-0.2, 0) is 0 Å². The number of hydrogen-bond donors (Lipinski definition) is 0. The monoisotopic (exact) mass is 332 g/mol. The Hall–Kier alpha value is -2.01. The predicted octanol–water partition coefficient (Wildman–Crippen LogP) is 4.63. The number of halogens is 2. The Morgan fingerprint density at radius 2 is 1.80 bits per heavy atom. The summed E-state index contributed by atoms with van der Waals surface area (Å²) in [5.41, 5.74) is 0.827. The molecule has 20 heavy (non-hydrogen) atoms. The van der Waals surface area contributed by atoms with Gasteiger partial charge in [0, 0.05) is 21.3 Å². The zero-order valence-electron chi connectivity index (χ0n) is 10.6. The van der Waals surface area contributed by atoms with Crippen molar-refractivity contribution in [2.45, 2.75) is 6.92 Å². The lowest BCUT2D eigenvalue weighted by Gasteiger charge is -2.08. The third kappa shape index (κ3) is 2.49. The fourth-order valence-corrected chi connectivity index (χ4v) is 2.43. The zero-order chi connectivity index (χ0) is 14.1. The molecule has 0 saturated carbocycles. The lowest BCUT2D eigenvalue weighted by Crippen LogP contribution is -1.95. The van der Waals surface area contributed by atoms with Crippen LogP contribution in [0.25, 0.3) is 10.8 Å². The highest BCUT2D eigenvalue weighted by Crippen LogP contribution is 2.30. The number of hydrogen-bond acceptors (Lipinski definition) is 3. The number of nitrogens with zero attached hydrogens (tertiary/aromatic N) is 2. The van der Waals surface area contributed by atoms with Gasteiger partial charge < -0.3 is 4.74 Å². The third-order valence-corrected chi connectivity index (χ3v) is 3.35. The molecule has 0 aliphatic carbocycles. The van der Waals surface area contributed by atoms with Crippen LogP contribution >= 0.6 is 15.9 Å². The Kier molecular flexibility index (Phi) is 3.36. The summed E-state index contributed by atoms with van der Waals surface area (Å²) in [4.78, 5) is 0. The first-order valence-electron chi connectivity index (χ1n) is 5.99. The first-order chi connectivity index (χ1) is 9.63. The molecule has 2 aromatic carbocycles. The lowest BCUT2D eigenvalue weighted by molar-refractivity contribution is 0.456. The normalized spacial score (nSPS) is 10.8. The second kappa shape index (κ2) is 5.17. The van der Waals surface area contributed by atoms with Crippen LogP contribution in [0.5, 0.6) is 11.6 Å². The average molecular weight is 333 g/mol. The lowest BCUT2D eigenvalue weighted by atomic mass is 10.1. The SMILES string of the molecule is Cc1nnc(Oc2cc(F)cc(Br)c2)c2ccccc12. The topological polar surface area (TPSA) is 35.0 Å². The smallest absolute Gasteiger partial charge is 0.246 e. The third-order valence-electron chi connectivity index (χ3n) is 2.89. The minimum Gasteiger partial charge on any atom is -0.437 e. The molecule has 0 unspecified atom stereocenters. The molecule has 3 nitrogen and oxygen atoms in total. The fourth-order valence-electron chi connectivity index (χ4n) is 1.99. The molecule has 0 saturated heterocycles. The molecule has 3 aromatic rings. The molecule has 0 aliphatic rings. The largest absolute Gasteiger partial charge is 0.437 e. The molecule has 0 amide bonds. The van der Waals surface area contributed by atoms with Crippen molar-refractivity contribution in [2.75, 3.05) is 0 Å². The molecule has 0 aliphatic heterocycles. The first kappa shape index (κ1) is 13.0. The van der Waals surface area contributed by atoms with E-state index >= 15 is 0 Å². The highest BCUT2D eigenvalue weighted by molar-refractivity contribution is 9.10. The van der Waals surface area contributed by atoms with Gasteiger partial charge in [-0.05, 0) is 25.1 Å². The summed E-state index contributed by atoms with van der Waals surface area (Å²) >= 11 is 3.23. The van der Waals surface area contributed by atoms with Gasteiger partial charge in [0.25, 0.3) is 0 Å². The average Bonchev–Trinajstić information content (AvgIpc) is 2.41. The fraction of sp³-hybridized carbons (Fsp3) is 0.0667. The summed E-state index contributed by atoms with van der Waals surface area (Å²) < 4.78 is 19.6. The van der Waals surface area contributed by atoms with E-state index in [9.17, 15) is 4.39 Å². The Morgan fingerprint density at radius 1 is 1.05 bits per heavy atom. The van der Waals surface area contributed by atoms with Crippen molar-refractivity contribution in [1.29, 1.82) is 0 Å². The van der Waals surface area contributed by atoms with Crippen molar-refractivity contribution >= 4 is 26.7 Å². The quantitative estimate of drug-likeness (QED) is 0.686. The van der Waals surface area contributed by atoms with Crippen molar-refractivity contribution in [3.8, 4) is 11.6 Å². The number of aryl methyl sites for hydroxylation is 1. The molecule has 0 atom stereocenters. The number of aromatic nitrogens is 2. The Morgan fingerprint density at radius 3 is 2.55 bits per heavy atom. The predicted molar refractivity (Wildman–Crippen MR) is 78.4 cm³/mol.